The van der Waals surface area contributed by atoms with Crippen LogP contribution in [0.4, 0.5) is 22.0 Å². The Hall–Kier alpha value is -3.67. The number of aromatic nitrogens is 1. The lowest BCUT2D eigenvalue weighted by Crippen LogP contribution is -2.11. The van der Waals surface area contributed by atoms with E-state index < -0.39 is 44.5 Å². The van der Waals surface area contributed by atoms with Crippen LogP contribution in [0.1, 0.15) is 34.6 Å². The maximum atomic E-state index is 15.1. The fraction of sp³-hybridized carbons (Fsp3) is 0.345. The Kier molecular flexibility index (Phi) is 7.47. The average molecular weight is 596 g/mol. The molecule has 1 aromatic heterocycles. The molecule has 41 heavy (non-hydrogen) atoms. The fourth-order valence-corrected chi connectivity index (χ4v) is 6.13. The minimum absolute atomic E-state index is 0.0179. The third kappa shape index (κ3) is 6.17. The summed E-state index contributed by atoms with van der Waals surface area (Å²) in [6, 6.07) is 6.21. The van der Waals surface area contributed by atoms with Crippen LogP contribution < -0.4 is 9.47 Å². The van der Waals surface area contributed by atoms with Gasteiger partial charge in [0.15, 0.2) is 0 Å². The highest BCUT2D eigenvalue weighted by atomic mass is 32.2. The van der Waals surface area contributed by atoms with E-state index >= 15 is 4.39 Å². The number of allylic oxidation sites excluding steroid dienone is 1. The first-order valence-corrected chi connectivity index (χ1v) is 14.8. The quantitative estimate of drug-likeness (QED) is 0.166. The third-order valence-corrected chi connectivity index (χ3v) is 8.40. The first-order valence-electron chi connectivity index (χ1n) is 12.7. The van der Waals surface area contributed by atoms with E-state index in [1.807, 2.05) is 0 Å². The Balaban J connectivity index is 1.35. The zero-order valence-corrected chi connectivity index (χ0v) is 22.7. The highest BCUT2D eigenvalue weighted by Crippen LogP contribution is 2.63. The van der Waals surface area contributed by atoms with Crippen molar-refractivity contribution >= 4 is 9.84 Å². The summed E-state index contributed by atoms with van der Waals surface area (Å²) < 4.78 is 105. The van der Waals surface area contributed by atoms with Gasteiger partial charge in [-0.25, -0.2) is 22.2 Å². The molecular weight excluding hydrogens is 569 g/mol. The van der Waals surface area contributed by atoms with E-state index in [2.05, 4.69) is 11.6 Å². The Morgan fingerprint density at radius 2 is 1.88 bits per heavy atom. The number of alkyl halides is 3. The van der Waals surface area contributed by atoms with Crippen molar-refractivity contribution in [2.45, 2.75) is 31.5 Å². The van der Waals surface area contributed by atoms with E-state index in [1.165, 1.54) is 0 Å². The number of fused-ring (bicyclic) bond motifs is 3. The minimum atomic E-state index is -4.97. The van der Waals surface area contributed by atoms with Gasteiger partial charge < -0.3 is 14.6 Å². The van der Waals surface area contributed by atoms with Crippen molar-refractivity contribution in [1.29, 1.82) is 0 Å². The average Bonchev–Trinajstić information content (AvgIpc) is 3.47. The number of hydrogen-bond acceptors (Lipinski definition) is 6. The molecule has 3 aromatic rings. The fourth-order valence-electron chi connectivity index (χ4n) is 5.49. The van der Waals surface area contributed by atoms with Gasteiger partial charge in [0.25, 0.3) is 0 Å². The molecule has 12 heteroatoms. The first-order chi connectivity index (χ1) is 19.2. The largest absolute Gasteiger partial charge is 0.513 e. The lowest BCUT2D eigenvalue weighted by Gasteiger charge is -2.17. The van der Waals surface area contributed by atoms with Gasteiger partial charge >= 0.3 is 6.18 Å². The molecule has 3 atom stereocenters. The van der Waals surface area contributed by atoms with Crippen LogP contribution in [-0.2, 0) is 29.0 Å². The Morgan fingerprint density at radius 1 is 1.12 bits per heavy atom. The molecular formula is C29H26F5NO5S. The molecule has 2 aromatic carbocycles. The Bertz CT molecular complexity index is 1620. The van der Waals surface area contributed by atoms with E-state index in [1.54, 1.807) is 12.3 Å². The van der Waals surface area contributed by atoms with Crippen LogP contribution in [0.25, 0.3) is 11.1 Å². The second-order valence-corrected chi connectivity index (χ2v) is 12.6. The standard InChI is InChI=1S/C29H26F5NO5S/c1-15(36)26-20-9-17-10-25(35-13-21(17)28(20)26)40-14-18-8-16(4-5-23(18)30)27-22(29(32,33)34)11-19(12-24(27)31)39-6-3-7-41(2,37)38/h4-5,8,10-13,20,26,28,36H,1,3,6-7,9,14H2,2H3/t20-,26-,28+/m0/s1. The van der Waals surface area contributed by atoms with E-state index in [0.717, 1.165) is 41.6 Å². The summed E-state index contributed by atoms with van der Waals surface area (Å²) in [5.41, 5.74) is -0.427. The molecule has 0 saturated heterocycles. The maximum Gasteiger partial charge on any atom is 0.417 e. The number of nitrogens with zero attached hydrogens (tertiary/aromatic N) is 1. The summed E-state index contributed by atoms with van der Waals surface area (Å²) in [5, 5.41) is 9.69. The van der Waals surface area contributed by atoms with Crippen molar-refractivity contribution in [2.75, 3.05) is 18.6 Å². The summed E-state index contributed by atoms with van der Waals surface area (Å²) in [6.07, 6.45) is -1.58. The molecule has 1 N–H and O–H groups in total. The number of halogens is 5. The van der Waals surface area contributed by atoms with Gasteiger partial charge in [0.2, 0.25) is 5.88 Å². The van der Waals surface area contributed by atoms with Crippen molar-refractivity contribution in [2.24, 2.45) is 11.8 Å². The smallest absolute Gasteiger partial charge is 0.417 e. The topological polar surface area (TPSA) is 85.7 Å². The second kappa shape index (κ2) is 10.6. The molecule has 0 bridgehead atoms. The van der Waals surface area contributed by atoms with Crippen molar-refractivity contribution in [3.63, 3.8) is 0 Å². The third-order valence-electron chi connectivity index (χ3n) is 7.37. The predicted molar refractivity (Wildman–Crippen MR) is 140 cm³/mol. The maximum absolute atomic E-state index is 15.1. The van der Waals surface area contributed by atoms with E-state index in [4.69, 9.17) is 9.47 Å². The molecule has 6 nitrogen and oxygen atoms in total. The summed E-state index contributed by atoms with van der Waals surface area (Å²) in [6.45, 7) is 3.02. The van der Waals surface area contributed by atoms with Gasteiger partial charge in [0.1, 0.15) is 33.8 Å². The summed E-state index contributed by atoms with van der Waals surface area (Å²) in [7, 11) is -3.29. The van der Waals surface area contributed by atoms with Gasteiger partial charge in [0.05, 0.1) is 23.7 Å². The molecule has 0 amide bonds. The zero-order valence-electron chi connectivity index (χ0n) is 21.8. The number of pyridine rings is 1. The number of aliphatic hydroxyl groups excluding tert-OH is 1. The van der Waals surface area contributed by atoms with Crippen molar-refractivity contribution in [3.05, 3.63) is 88.8 Å². The summed E-state index contributed by atoms with van der Waals surface area (Å²) >= 11 is 0. The number of benzene rings is 2. The van der Waals surface area contributed by atoms with Crippen LogP contribution in [0.15, 0.2) is 54.9 Å². The number of ether oxygens (including phenoxy) is 2. The molecule has 0 radical (unpaired) electrons. The molecule has 218 valence electrons. The SMILES string of the molecule is C=C(O)[C@H]1[C@@H]2Cc3cc(OCc4cc(-c5c(F)cc(OCCCS(C)(=O)=O)cc5C(F)(F)F)ccc4F)ncc3[C@@H]21. The van der Waals surface area contributed by atoms with Gasteiger partial charge in [-0.2, -0.15) is 13.2 Å². The molecule has 2 aliphatic carbocycles. The highest BCUT2D eigenvalue weighted by molar-refractivity contribution is 7.90. The van der Waals surface area contributed by atoms with Crippen LogP contribution in [0, 0.1) is 23.5 Å². The molecule has 0 unspecified atom stereocenters. The molecule has 2 aliphatic rings. The Morgan fingerprint density at radius 3 is 2.56 bits per heavy atom. The predicted octanol–water partition coefficient (Wildman–Crippen LogP) is 6.40. The van der Waals surface area contributed by atoms with Crippen LogP contribution >= 0.6 is 0 Å². The van der Waals surface area contributed by atoms with Gasteiger partial charge in [0, 0.05) is 41.6 Å². The van der Waals surface area contributed by atoms with E-state index in [9.17, 15) is 31.1 Å². The molecule has 1 saturated carbocycles. The van der Waals surface area contributed by atoms with Crippen LogP contribution in [0.3, 0.4) is 0 Å². The molecule has 0 spiro atoms. The normalized spacial score (nSPS) is 19.4. The van der Waals surface area contributed by atoms with E-state index in [0.29, 0.717) is 12.5 Å². The van der Waals surface area contributed by atoms with Gasteiger partial charge in [-0.1, -0.05) is 12.6 Å². The van der Waals surface area contributed by atoms with Gasteiger partial charge in [-0.3, -0.25) is 0 Å². The monoisotopic (exact) mass is 595 g/mol. The van der Waals surface area contributed by atoms with Crippen LogP contribution in [0.2, 0.25) is 0 Å². The number of sulfone groups is 1. The van der Waals surface area contributed by atoms with Crippen LogP contribution in [-0.4, -0.2) is 37.1 Å². The van der Waals surface area contributed by atoms with Gasteiger partial charge in [-0.05, 0) is 59.6 Å². The van der Waals surface area contributed by atoms with Crippen molar-refractivity contribution < 1.29 is 45.0 Å². The molecule has 1 heterocycles. The molecule has 1 fully saturated rings. The summed E-state index contributed by atoms with van der Waals surface area (Å²) in [4.78, 5) is 4.25. The van der Waals surface area contributed by atoms with Crippen molar-refractivity contribution in [1.82, 2.24) is 4.98 Å². The lowest BCUT2D eigenvalue weighted by molar-refractivity contribution is -0.137. The zero-order chi connectivity index (χ0) is 29.7. The molecule has 0 aliphatic heterocycles. The van der Waals surface area contributed by atoms with Gasteiger partial charge in [-0.15, -0.1) is 0 Å². The van der Waals surface area contributed by atoms with Crippen molar-refractivity contribution in [3.8, 4) is 22.8 Å². The molecule has 5 rings (SSSR count). The first kappa shape index (κ1) is 28.8. The Labute approximate surface area is 233 Å². The van der Waals surface area contributed by atoms with E-state index in [-0.39, 0.29) is 65.9 Å². The summed E-state index contributed by atoms with van der Waals surface area (Å²) in [5.74, 6) is -1.83. The van der Waals surface area contributed by atoms with Crippen LogP contribution in [0.5, 0.6) is 11.6 Å². The highest BCUT2D eigenvalue weighted by Gasteiger charge is 2.57. The number of rotatable bonds is 10. The second-order valence-electron chi connectivity index (χ2n) is 10.4. The number of hydrogen-bond donors (Lipinski definition) is 1. The number of aliphatic hydroxyl groups is 1. The minimum Gasteiger partial charge on any atom is -0.513 e. The lowest BCUT2D eigenvalue weighted by atomic mass is 9.96.